The zero-order valence-electron chi connectivity index (χ0n) is 12.6. The molecule has 0 aliphatic carbocycles. The highest BCUT2D eigenvalue weighted by Crippen LogP contribution is 2.18. The number of carbonyl (C=O) groups excluding carboxylic acids is 1. The molecule has 0 spiro atoms. The van der Waals surface area contributed by atoms with Crippen LogP contribution in [0, 0.1) is 0 Å². The van der Waals surface area contributed by atoms with Gasteiger partial charge in [-0.25, -0.2) is 0 Å². The van der Waals surface area contributed by atoms with Gasteiger partial charge in [0.15, 0.2) is 0 Å². The van der Waals surface area contributed by atoms with E-state index in [2.05, 4.69) is 5.32 Å². The second kappa shape index (κ2) is 7.22. The molecular formula is C14H28N2O3. The molecule has 1 amide bonds. The minimum atomic E-state index is -0.732. The van der Waals surface area contributed by atoms with Crippen LogP contribution in [0.2, 0.25) is 0 Å². The molecule has 3 atom stereocenters. The van der Waals surface area contributed by atoms with Gasteiger partial charge in [-0.3, -0.25) is 4.79 Å². The fraction of sp³-hybridized carbons (Fsp3) is 0.929. The number of nitrogens with two attached hydrogens (primary N) is 1. The molecule has 0 radical (unpaired) electrons. The van der Waals surface area contributed by atoms with Crippen LogP contribution in [-0.4, -0.2) is 42.9 Å². The first kappa shape index (κ1) is 16.4. The van der Waals surface area contributed by atoms with Gasteiger partial charge in [0.25, 0.3) is 0 Å². The lowest BCUT2D eigenvalue weighted by Gasteiger charge is -2.32. The van der Waals surface area contributed by atoms with Crippen molar-refractivity contribution in [3.8, 4) is 0 Å². The molecule has 1 saturated heterocycles. The van der Waals surface area contributed by atoms with E-state index in [4.69, 9.17) is 15.2 Å². The molecule has 0 bridgehead atoms. The van der Waals surface area contributed by atoms with Crippen LogP contribution in [0.4, 0.5) is 0 Å². The first-order valence-electron chi connectivity index (χ1n) is 7.14. The van der Waals surface area contributed by atoms with Crippen molar-refractivity contribution in [3.05, 3.63) is 0 Å². The summed E-state index contributed by atoms with van der Waals surface area (Å²) in [5.74, 6) is -0.339. The molecular weight excluding hydrogens is 244 g/mol. The fourth-order valence-corrected chi connectivity index (χ4v) is 2.55. The van der Waals surface area contributed by atoms with Crippen molar-refractivity contribution in [2.75, 3.05) is 13.2 Å². The normalized spacial score (nSPS) is 24.4. The van der Waals surface area contributed by atoms with Crippen LogP contribution in [0.5, 0.6) is 0 Å². The lowest BCUT2D eigenvalue weighted by molar-refractivity contribution is -0.126. The number of hydrogen-bond acceptors (Lipinski definition) is 4. The van der Waals surface area contributed by atoms with Gasteiger partial charge in [-0.1, -0.05) is 0 Å². The summed E-state index contributed by atoms with van der Waals surface area (Å²) < 4.78 is 11.3. The molecule has 3 N–H and O–H groups in total. The second-order valence-electron chi connectivity index (χ2n) is 5.98. The van der Waals surface area contributed by atoms with Gasteiger partial charge in [0, 0.05) is 19.1 Å². The molecule has 0 aromatic rings. The molecule has 0 saturated carbocycles. The number of nitrogens with one attached hydrogen (secondary N) is 1. The summed E-state index contributed by atoms with van der Waals surface area (Å²) in [6.45, 7) is 9.23. The molecule has 19 heavy (non-hydrogen) atoms. The van der Waals surface area contributed by atoms with Gasteiger partial charge in [-0.2, -0.15) is 0 Å². The predicted octanol–water partition coefficient (Wildman–Crippen LogP) is 1.20. The molecule has 1 rings (SSSR count). The van der Waals surface area contributed by atoms with Crippen molar-refractivity contribution >= 4 is 5.91 Å². The summed E-state index contributed by atoms with van der Waals surface area (Å²) in [6, 6.07) is 0.197. The predicted molar refractivity (Wildman–Crippen MR) is 74.9 cm³/mol. The summed E-state index contributed by atoms with van der Waals surface area (Å²) in [5, 5.41) is 3.23. The van der Waals surface area contributed by atoms with E-state index in [1.165, 1.54) is 0 Å². The standard InChI is InChI=1S/C14H28N2O3/c1-10(2)16-14(4,13(15)17)8-11(3)19-9-12-6-5-7-18-12/h10-12,16H,5-9H2,1-4H3,(H2,15,17). The Kier molecular flexibility index (Phi) is 6.23. The third-order valence-electron chi connectivity index (χ3n) is 3.44. The first-order chi connectivity index (χ1) is 8.83. The molecule has 0 aromatic carbocycles. The van der Waals surface area contributed by atoms with Gasteiger partial charge >= 0.3 is 0 Å². The molecule has 5 nitrogen and oxygen atoms in total. The molecule has 0 aromatic heterocycles. The Morgan fingerprint density at radius 2 is 2.21 bits per heavy atom. The largest absolute Gasteiger partial charge is 0.376 e. The van der Waals surface area contributed by atoms with Crippen LogP contribution in [0.15, 0.2) is 0 Å². The minimum Gasteiger partial charge on any atom is -0.376 e. The van der Waals surface area contributed by atoms with E-state index < -0.39 is 5.54 Å². The van der Waals surface area contributed by atoms with Crippen LogP contribution >= 0.6 is 0 Å². The van der Waals surface area contributed by atoms with Crippen LogP contribution in [0.1, 0.15) is 47.0 Å². The van der Waals surface area contributed by atoms with Crippen LogP contribution in [0.3, 0.4) is 0 Å². The smallest absolute Gasteiger partial charge is 0.237 e. The highest BCUT2D eigenvalue weighted by Gasteiger charge is 2.33. The van der Waals surface area contributed by atoms with Crippen LogP contribution in [0.25, 0.3) is 0 Å². The third-order valence-corrected chi connectivity index (χ3v) is 3.44. The average Bonchev–Trinajstić information content (AvgIpc) is 2.77. The molecule has 3 unspecified atom stereocenters. The summed E-state index contributed by atoms with van der Waals surface area (Å²) in [7, 11) is 0. The summed E-state index contributed by atoms with van der Waals surface area (Å²) in [4.78, 5) is 11.6. The maximum absolute atomic E-state index is 11.6. The number of hydrogen-bond donors (Lipinski definition) is 2. The summed E-state index contributed by atoms with van der Waals surface area (Å²) in [6.07, 6.45) is 2.90. The van der Waals surface area contributed by atoms with Crippen LogP contribution in [-0.2, 0) is 14.3 Å². The number of amides is 1. The maximum atomic E-state index is 11.6. The Labute approximate surface area is 116 Å². The molecule has 1 aliphatic rings. The lowest BCUT2D eigenvalue weighted by atomic mass is 9.93. The SMILES string of the molecule is CC(C)NC(C)(CC(C)OCC1CCCO1)C(N)=O. The Morgan fingerprint density at radius 3 is 2.68 bits per heavy atom. The highest BCUT2D eigenvalue weighted by molar-refractivity contribution is 5.84. The van der Waals surface area contributed by atoms with Crippen molar-refractivity contribution in [2.24, 2.45) is 5.73 Å². The van der Waals surface area contributed by atoms with Crippen molar-refractivity contribution in [1.82, 2.24) is 5.32 Å². The molecule has 1 fully saturated rings. The number of ether oxygens (including phenoxy) is 2. The molecule has 1 aliphatic heterocycles. The van der Waals surface area contributed by atoms with E-state index >= 15 is 0 Å². The highest BCUT2D eigenvalue weighted by atomic mass is 16.5. The maximum Gasteiger partial charge on any atom is 0.237 e. The van der Waals surface area contributed by atoms with Crippen molar-refractivity contribution < 1.29 is 14.3 Å². The summed E-state index contributed by atoms with van der Waals surface area (Å²) in [5.41, 5.74) is 4.77. The molecule has 112 valence electrons. The topological polar surface area (TPSA) is 73.6 Å². The quantitative estimate of drug-likeness (QED) is 0.696. The second-order valence-corrected chi connectivity index (χ2v) is 5.98. The van der Waals surface area contributed by atoms with E-state index in [1.54, 1.807) is 0 Å². The van der Waals surface area contributed by atoms with Gasteiger partial charge in [0.05, 0.1) is 24.4 Å². The van der Waals surface area contributed by atoms with Gasteiger partial charge in [-0.05, 0) is 40.5 Å². The monoisotopic (exact) mass is 272 g/mol. The Balaban J connectivity index is 2.41. The molecule has 1 heterocycles. The van der Waals surface area contributed by atoms with E-state index in [1.807, 2.05) is 27.7 Å². The number of rotatable bonds is 8. The zero-order chi connectivity index (χ0) is 14.5. The van der Waals surface area contributed by atoms with E-state index in [0.29, 0.717) is 13.0 Å². The van der Waals surface area contributed by atoms with Crippen molar-refractivity contribution in [2.45, 2.75) is 70.7 Å². The Bertz CT molecular complexity index is 290. The Morgan fingerprint density at radius 1 is 1.53 bits per heavy atom. The van der Waals surface area contributed by atoms with E-state index in [0.717, 1.165) is 19.4 Å². The lowest BCUT2D eigenvalue weighted by Crippen LogP contribution is -2.57. The van der Waals surface area contributed by atoms with Gasteiger partial charge < -0.3 is 20.5 Å². The summed E-state index contributed by atoms with van der Waals surface area (Å²) >= 11 is 0. The Hall–Kier alpha value is -0.650. The van der Waals surface area contributed by atoms with Crippen molar-refractivity contribution in [1.29, 1.82) is 0 Å². The number of carbonyl (C=O) groups is 1. The van der Waals surface area contributed by atoms with Crippen molar-refractivity contribution in [3.63, 3.8) is 0 Å². The van der Waals surface area contributed by atoms with Gasteiger partial charge in [0.1, 0.15) is 0 Å². The minimum absolute atomic E-state index is 0.0343. The van der Waals surface area contributed by atoms with Crippen LogP contribution < -0.4 is 11.1 Å². The van der Waals surface area contributed by atoms with E-state index in [9.17, 15) is 4.79 Å². The average molecular weight is 272 g/mol. The van der Waals surface area contributed by atoms with Gasteiger partial charge in [-0.15, -0.1) is 0 Å². The van der Waals surface area contributed by atoms with E-state index in [-0.39, 0.29) is 24.2 Å². The first-order valence-corrected chi connectivity index (χ1v) is 7.14. The zero-order valence-corrected chi connectivity index (χ0v) is 12.6. The third kappa shape index (κ3) is 5.47. The fourth-order valence-electron chi connectivity index (χ4n) is 2.55. The molecule has 5 heteroatoms. The number of primary amides is 1. The van der Waals surface area contributed by atoms with Gasteiger partial charge in [0.2, 0.25) is 5.91 Å².